The molecule has 0 atom stereocenters. The van der Waals surface area contributed by atoms with Gasteiger partial charge in [-0.1, -0.05) is 67.2 Å². The first-order valence-electron chi connectivity index (χ1n) is 8.66. The number of hydrogen-bond acceptors (Lipinski definition) is 3. The van der Waals surface area contributed by atoms with Crippen LogP contribution in [0.5, 0.6) is 0 Å². The number of carbonyl (C=O) groups excluding carboxylic acids is 1. The molecule has 0 saturated heterocycles. The van der Waals surface area contributed by atoms with Gasteiger partial charge in [-0.3, -0.25) is 4.79 Å². The standard InChI is InChI=1S/C21H12Br2Cl2N4O/c22-13-3-1-12(2-4-13)20-27-19(21(30)26-15-7-5-14(23)6-8-15)28-29(20)16-9-10-17(24)18(25)11-16/h1-11H,(H,26,30). The minimum Gasteiger partial charge on any atom is -0.319 e. The average Bonchev–Trinajstić information content (AvgIpc) is 3.18. The van der Waals surface area contributed by atoms with Crippen molar-refractivity contribution >= 4 is 66.7 Å². The summed E-state index contributed by atoms with van der Waals surface area (Å²) in [6, 6.07) is 19.9. The zero-order valence-electron chi connectivity index (χ0n) is 15.1. The third-order valence-corrected chi connectivity index (χ3v) is 5.96. The molecule has 1 N–H and O–H groups in total. The lowest BCUT2D eigenvalue weighted by molar-refractivity contribution is 0.101. The van der Waals surface area contributed by atoms with E-state index in [1.165, 1.54) is 0 Å². The van der Waals surface area contributed by atoms with E-state index < -0.39 is 5.91 Å². The Bertz CT molecular complexity index is 1220. The number of halogens is 4. The van der Waals surface area contributed by atoms with Crippen LogP contribution >= 0.6 is 55.1 Å². The number of hydrogen-bond donors (Lipinski definition) is 1. The summed E-state index contributed by atoms with van der Waals surface area (Å²) in [6.07, 6.45) is 0. The summed E-state index contributed by atoms with van der Waals surface area (Å²) in [5.41, 5.74) is 2.07. The quantitative estimate of drug-likeness (QED) is 0.289. The van der Waals surface area contributed by atoms with Crippen LogP contribution in [0.25, 0.3) is 17.1 Å². The third kappa shape index (κ3) is 4.59. The van der Waals surface area contributed by atoms with Crippen LogP contribution < -0.4 is 5.32 Å². The molecule has 0 spiro atoms. The van der Waals surface area contributed by atoms with Crippen LogP contribution in [0, 0.1) is 0 Å². The molecule has 1 aromatic heterocycles. The number of benzene rings is 3. The Morgan fingerprint density at radius 1 is 0.867 bits per heavy atom. The van der Waals surface area contributed by atoms with Crippen LogP contribution in [0.3, 0.4) is 0 Å². The van der Waals surface area contributed by atoms with Gasteiger partial charge in [-0.25, -0.2) is 9.67 Å². The van der Waals surface area contributed by atoms with Gasteiger partial charge in [0.15, 0.2) is 5.82 Å². The van der Waals surface area contributed by atoms with Gasteiger partial charge in [0.05, 0.1) is 15.7 Å². The number of aromatic nitrogens is 3. The van der Waals surface area contributed by atoms with Crippen molar-refractivity contribution < 1.29 is 4.79 Å². The molecule has 5 nitrogen and oxygen atoms in total. The number of carbonyl (C=O) groups is 1. The molecule has 0 saturated carbocycles. The third-order valence-electron chi connectivity index (χ3n) is 4.16. The van der Waals surface area contributed by atoms with Crippen molar-refractivity contribution in [2.24, 2.45) is 0 Å². The van der Waals surface area contributed by atoms with Crippen molar-refractivity contribution in [1.29, 1.82) is 0 Å². The fourth-order valence-corrected chi connectivity index (χ4v) is 3.53. The summed E-state index contributed by atoms with van der Waals surface area (Å²) in [6.45, 7) is 0. The Hall–Kier alpha value is -2.19. The molecule has 1 heterocycles. The second-order valence-corrected chi connectivity index (χ2v) is 8.88. The number of nitrogens with one attached hydrogen (secondary N) is 1. The number of anilines is 1. The normalized spacial score (nSPS) is 10.8. The second kappa shape index (κ2) is 8.89. The summed E-state index contributed by atoms with van der Waals surface area (Å²) in [7, 11) is 0. The van der Waals surface area contributed by atoms with Gasteiger partial charge in [0.2, 0.25) is 5.82 Å². The largest absolute Gasteiger partial charge is 0.319 e. The Morgan fingerprint density at radius 2 is 1.50 bits per heavy atom. The van der Waals surface area contributed by atoms with Crippen LogP contribution in [0.4, 0.5) is 5.69 Å². The molecule has 0 aliphatic heterocycles. The van der Waals surface area contributed by atoms with E-state index in [1.807, 2.05) is 36.4 Å². The van der Waals surface area contributed by atoms with Crippen molar-refractivity contribution in [1.82, 2.24) is 14.8 Å². The molecule has 3 aromatic carbocycles. The minimum atomic E-state index is -0.422. The van der Waals surface area contributed by atoms with Gasteiger partial charge >= 0.3 is 0 Å². The van der Waals surface area contributed by atoms with Crippen LogP contribution in [0.15, 0.2) is 75.7 Å². The lowest BCUT2D eigenvalue weighted by Crippen LogP contribution is -2.14. The topological polar surface area (TPSA) is 59.8 Å². The molecule has 9 heteroatoms. The lowest BCUT2D eigenvalue weighted by atomic mass is 10.2. The number of amides is 1. The van der Waals surface area contributed by atoms with Crippen molar-refractivity contribution in [3.05, 3.63) is 91.5 Å². The molecule has 30 heavy (non-hydrogen) atoms. The van der Waals surface area contributed by atoms with Crippen LogP contribution in [-0.2, 0) is 0 Å². The van der Waals surface area contributed by atoms with Gasteiger partial charge < -0.3 is 5.32 Å². The number of rotatable bonds is 4. The zero-order chi connectivity index (χ0) is 21.3. The molecular formula is C21H12Br2Cl2N4O. The summed E-state index contributed by atoms with van der Waals surface area (Å²) >= 11 is 19.0. The maximum Gasteiger partial charge on any atom is 0.295 e. The zero-order valence-corrected chi connectivity index (χ0v) is 19.8. The van der Waals surface area contributed by atoms with Gasteiger partial charge in [-0.05, 0) is 54.6 Å². The first kappa shape index (κ1) is 21.1. The van der Waals surface area contributed by atoms with Crippen molar-refractivity contribution in [3.63, 3.8) is 0 Å². The minimum absolute atomic E-state index is 0.0295. The monoisotopic (exact) mass is 564 g/mol. The summed E-state index contributed by atoms with van der Waals surface area (Å²) < 4.78 is 3.42. The highest BCUT2D eigenvalue weighted by Crippen LogP contribution is 2.28. The van der Waals surface area contributed by atoms with Gasteiger partial charge in [0.25, 0.3) is 5.91 Å². The highest BCUT2D eigenvalue weighted by atomic mass is 79.9. The maximum atomic E-state index is 12.8. The van der Waals surface area contributed by atoms with Crippen LogP contribution in [0.2, 0.25) is 10.0 Å². The SMILES string of the molecule is O=C(Nc1ccc(Br)cc1)c1nc(-c2ccc(Br)cc2)n(-c2ccc(Cl)c(Cl)c2)n1. The Balaban J connectivity index is 1.76. The summed E-state index contributed by atoms with van der Waals surface area (Å²) in [4.78, 5) is 17.3. The van der Waals surface area contributed by atoms with Crippen LogP contribution in [0.1, 0.15) is 10.6 Å². The smallest absolute Gasteiger partial charge is 0.295 e. The van der Waals surface area contributed by atoms with Gasteiger partial charge in [-0.15, -0.1) is 5.10 Å². The lowest BCUT2D eigenvalue weighted by Gasteiger charge is -2.07. The summed E-state index contributed by atoms with van der Waals surface area (Å²) in [5, 5.41) is 8.05. The van der Waals surface area contributed by atoms with Gasteiger partial charge in [0, 0.05) is 20.2 Å². The van der Waals surface area contributed by atoms with E-state index >= 15 is 0 Å². The molecule has 0 fully saturated rings. The molecule has 0 aliphatic rings. The molecule has 4 aromatic rings. The van der Waals surface area contributed by atoms with Crippen LogP contribution in [-0.4, -0.2) is 20.7 Å². The molecule has 0 aliphatic carbocycles. The summed E-state index contributed by atoms with van der Waals surface area (Å²) in [5.74, 6) is 0.109. The molecular weight excluding hydrogens is 555 g/mol. The molecule has 4 rings (SSSR count). The Kier molecular flexibility index (Phi) is 6.24. The molecule has 0 radical (unpaired) electrons. The van der Waals surface area contributed by atoms with Gasteiger partial charge in [-0.2, -0.15) is 0 Å². The van der Waals surface area contributed by atoms with Crippen molar-refractivity contribution in [3.8, 4) is 17.1 Å². The molecule has 0 unspecified atom stereocenters. The molecule has 1 amide bonds. The van der Waals surface area contributed by atoms with E-state index in [4.69, 9.17) is 23.2 Å². The van der Waals surface area contributed by atoms with E-state index in [2.05, 4.69) is 47.3 Å². The van der Waals surface area contributed by atoms with E-state index in [0.717, 1.165) is 14.5 Å². The Morgan fingerprint density at radius 3 is 2.13 bits per heavy atom. The maximum absolute atomic E-state index is 12.8. The Labute approximate surface area is 199 Å². The van der Waals surface area contributed by atoms with E-state index in [-0.39, 0.29) is 5.82 Å². The van der Waals surface area contributed by atoms with E-state index in [0.29, 0.717) is 27.2 Å². The fraction of sp³-hybridized carbons (Fsp3) is 0. The number of nitrogens with zero attached hydrogens (tertiary/aromatic N) is 3. The first-order valence-corrected chi connectivity index (χ1v) is 11.0. The van der Waals surface area contributed by atoms with Crippen molar-refractivity contribution in [2.75, 3.05) is 5.32 Å². The fourth-order valence-electron chi connectivity index (χ4n) is 2.71. The molecule has 150 valence electrons. The van der Waals surface area contributed by atoms with Gasteiger partial charge in [0.1, 0.15) is 0 Å². The predicted molar refractivity (Wildman–Crippen MR) is 127 cm³/mol. The predicted octanol–water partition coefficient (Wildman–Crippen LogP) is 7.02. The highest BCUT2D eigenvalue weighted by Gasteiger charge is 2.19. The van der Waals surface area contributed by atoms with Crippen molar-refractivity contribution in [2.45, 2.75) is 0 Å². The average molecular weight is 567 g/mol. The molecule has 0 bridgehead atoms. The highest BCUT2D eigenvalue weighted by molar-refractivity contribution is 9.10. The van der Waals surface area contributed by atoms with E-state index in [9.17, 15) is 4.79 Å². The first-order chi connectivity index (χ1) is 14.4. The van der Waals surface area contributed by atoms with E-state index in [1.54, 1.807) is 35.0 Å². The second-order valence-electron chi connectivity index (χ2n) is 6.24.